The summed E-state index contributed by atoms with van der Waals surface area (Å²) in [7, 11) is 0. The molecule has 31 heavy (non-hydrogen) atoms. The van der Waals surface area contributed by atoms with Gasteiger partial charge in [-0.3, -0.25) is 4.79 Å². The average Bonchev–Trinajstić information content (AvgIpc) is 3.49. The summed E-state index contributed by atoms with van der Waals surface area (Å²) < 4.78 is 2.04. The SMILES string of the molecule is CCn1c(SCC(=O)Nc2nc(-c3cc(C)c(C)cc3C)cs2)nnc1-c1cccs1. The molecule has 160 valence electrons. The average molecular weight is 470 g/mol. The van der Waals surface area contributed by atoms with Crippen LogP contribution in [-0.4, -0.2) is 31.4 Å². The standard InChI is InChI=1S/C22H23N5OS3/c1-5-27-20(18-7-6-8-29-18)25-26-22(27)31-12-19(28)24-21-23-17(11-30-21)16-10-14(3)13(2)9-15(16)4/h6-11H,5,12H2,1-4H3,(H,23,24,28). The lowest BCUT2D eigenvalue weighted by molar-refractivity contribution is -0.113. The molecule has 0 bridgehead atoms. The van der Waals surface area contributed by atoms with Crippen LogP contribution in [0.25, 0.3) is 22.0 Å². The molecular weight excluding hydrogens is 446 g/mol. The normalized spacial score (nSPS) is 11.1. The Morgan fingerprint density at radius 3 is 2.68 bits per heavy atom. The smallest absolute Gasteiger partial charge is 0.236 e. The fourth-order valence-corrected chi connectivity index (χ4v) is 5.49. The van der Waals surface area contributed by atoms with Gasteiger partial charge < -0.3 is 9.88 Å². The third-order valence-corrected chi connectivity index (χ3v) is 7.56. The van der Waals surface area contributed by atoms with Crippen LogP contribution < -0.4 is 5.32 Å². The van der Waals surface area contributed by atoms with E-state index < -0.39 is 0 Å². The van der Waals surface area contributed by atoms with Crippen molar-refractivity contribution in [1.29, 1.82) is 0 Å². The van der Waals surface area contributed by atoms with Crippen LogP contribution in [0.5, 0.6) is 0 Å². The number of hydrogen-bond acceptors (Lipinski definition) is 7. The van der Waals surface area contributed by atoms with E-state index in [4.69, 9.17) is 0 Å². The third kappa shape index (κ3) is 4.73. The van der Waals surface area contributed by atoms with Gasteiger partial charge in [-0.1, -0.05) is 23.9 Å². The van der Waals surface area contributed by atoms with Gasteiger partial charge in [0.2, 0.25) is 5.91 Å². The minimum absolute atomic E-state index is 0.106. The molecule has 0 aliphatic carbocycles. The van der Waals surface area contributed by atoms with E-state index in [9.17, 15) is 4.79 Å². The second-order valence-corrected chi connectivity index (χ2v) is 9.90. The van der Waals surface area contributed by atoms with Gasteiger partial charge in [0.05, 0.1) is 16.3 Å². The summed E-state index contributed by atoms with van der Waals surface area (Å²) in [5.41, 5.74) is 5.68. The maximum Gasteiger partial charge on any atom is 0.236 e. The Bertz CT molecular complexity index is 1210. The number of nitrogens with one attached hydrogen (secondary N) is 1. The van der Waals surface area contributed by atoms with E-state index >= 15 is 0 Å². The van der Waals surface area contributed by atoms with Gasteiger partial charge in [-0.2, -0.15) is 0 Å². The molecule has 4 aromatic rings. The van der Waals surface area contributed by atoms with Crippen LogP contribution in [0.15, 0.2) is 40.2 Å². The first kappa shape index (κ1) is 21.7. The quantitative estimate of drug-likeness (QED) is 0.346. The monoisotopic (exact) mass is 469 g/mol. The summed E-state index contributed by atoms with van der Waals surface area (Å²) >= 11 is 4.45. The molecule has 0 unspecified atom stereocenters. The number of aryl methyl sites for hydroxylation is 3. The molecule has 0 spiro atoms. The number of hydrogen-bond donors (Lipinski definition) is 1. The Morgan fingerprint density at radius 1 is 1.13 bits per heavy atom. The maximum absolute atomic E-state index is 12.5. The van der Waals surface area contributed by atoms with Crippen molar-refractivity contribution in [2.45, 2.75) is 39.4 Å². The molecule has 0 aliphatic rings. The van der Waals surface area contributed by atoms with Crippen molar-refractivity contribution in [2.75, 3.05) is 11.1 Å². The zero-order valence-corrected chi connectivity index (χ0v) is 20.2. The predicted molar refractivity (Wildman–Crippen MR) is 130 cm³/mol. The number of nitrogens with zero attached hydrogens (tertiary/aromatic N) is 4. The number of amides is 1. The summed E-state index contributed by atoms with van der Waals surface area (Å²) in [5, 5.41) is 16.9. The number of carbonyl (C=O) groups excluding carboxylic acids is 1. The van der Waals surface area contributed by atoms with Crippen molar-refractivity contribution < 1.29 is 4.79 Å². The van der Waals surface area contributed by atoms with Crippen molar-refractivity contribution in [3.63, 3.8) is 0 Å². The van der Waals surface area contributed by atoms with E-state index in [-0.39, 0.29) is 11.7 Å². The molecule has 0 aliphatic heterocycles. The van der Waals surface area contributed by atoms with Crippen LogP contribution in [-0.2, 0) is 11.3 Å². The summed E-state index contributed by atoms with van der Waals surface area (Å²) in [6, 6.07) is 8.35. The van der Waals surface area contributed by atoms with E-state index in [2.05, 4.69) is 60.3 Å². The number of aromatic nitrogens is 4. The maximum atomic E-state index is 12.5. The zero-order chi connectivity index (χ0) is 22.0. The van der Waals surface area contributed by atoms with Crippen LogP contribution in [0.2, 0.25) is 0 Å². The number of rotatable bonds is 7. The van der Waals surface area contributed by atoms with Crippen LogP contribution in [0.4, 0.5) is 5.13 Å². The Morgan fingerprint density at radius 2 is 1.94 bits per heavy atom. The third-order valence-electron chi connectivity index (χ3n) is 4.97. The molecule has 4 rings (SSSR count). The topological polar surface area (TPSA) is 72.7 Å². The summed E-state index contributed by atoms with van der Waals surface area (Å²) in [6.45, 7) is 9.10. The highest BCUT2D eigenvalue weighted by atomic mass is 32.2. The van der Waals surface area contributed by atoms with E-state index in [1.807, 2.05) is 27.5 Å². The van der Waals surface area contributed by atoms with Gasteiger partial charge in [-0.05, 0) is 61.9 Å². The molecule has 1 amide bonds. The first-order valence-corrected chi connectivity index (χ1v) is 12.6. The van der Waals surface area contributed by atoms with E-state index in [1.54, 1.807) is 11.3 Å². The predicted octanol–water partition coefficient (Wildman–Crippen LogP) is 5.81. The van der Waals surface area contributed by atoms with Crippen molar-refractivity contribution in [2.24, 2.45) is 0 Å². The first-order valence-electron chi connectivity index (χ1n) is 9.89. The van der Waals surface area contributed by atoms with E-state index in [1.165, 1.54) is 39.8 Å². The summed E-state index contributed by atoms with van der Waals surface area (Å²) in [5.74, 6) is 0.986. The molecular formula is C22H23N5OS3. The van der Waals surface area contributed by atoms with Gasteiger partial charge in [-0.15, -0.1) is 32.9 Å². The van der Waals surface area contributed by atoms with Crippen molar-refractivity contribution in [3.8, 4) is 22.0 Å². The molecule has 3 aromatic heterocycles. The highest BCUT2D eigenvalue weighted by molar-refractivity contribution is 7.99. The van der Waals surface area contributed by atoms with E-state index in [0.29, 0.717) is 5.13 Å². The number of benzene rings is 1. The molecule has 6 nitrogen and oxygen atoms in total. The summed E-state index contributed by atoms with van der Waals surface area (Å²) in [6.07, 6.45) is 0. The number of carbonyl (C=O) groups is 1. The lowest BCUT2D eigenvalue weighted by Gasteiger charge is -2.07. The van der Waals surface area contributed by atoms with Gasteiger partial charge in [0.25, 0.3) is 0 Å². The molecule has 0 saturated carbocycles. The fourth-order valence-electron chi connectivity index (χ4n) is 3.25. The molecule has 3 heterocycles. The van der Waals surface area contributed by atoms with Crippen LogP contribution in [0.3, 0.4) is 0 Å². The molecule has 1 aromatic carbocycles. The lowest BCUT2D eigenvalue weighted by atomic mass is 9.99. The van der Waals surface area contributed by atoms with Crippen molar-refractivity contribution in [1.82, 2.24) is 19.7 Å². The Kier molecular flexibility index (Phi) is 6.54. The summed E-state index contributed by atoms with van der Waals surface area (Å²) in [4.78, 5) is 18.2. The Balaban J connectivity index is 1.41. The molecule has 9 heteroatoms. The molecule has 1 N–H and O–H groups in total. The zero-order valence-electron chi connectivity index (χ0n) is 17.8. The molecule has 0 atom stereocenters. The van der Waals surface area contributed by atoms with Gasteiger partial charge in [0.1, 0.15) is 0 Å². The fraction of sp³-hybridized carbons (Fsp3) is 0.273. The highest BCUT2D eigenvalue weighted by Crippen LogP contribution is 2.30. The van der Waals surface area contributed by atoms with Gasteiger partial charge in [0.15, 0.2) is 16.1 Å². The number of thiophene rings is 1. The van der Waals surface area contributed by atoms with Crippen molar-refractivity contribution >= 4 is 45.5 Å². The van der Waals surface area contributed by atoms with Crippen molar-refractivity contribution in [3.05, 3.63) is 51.7 Å². The van der Waals surface area contributed by atoms with Gasteiger partial charge in [-0.25, -0.2) is 4.98 Å². The number of anilines is 1. The van der Waals surface area contributed by atoms with Crippen LogP contribution >= 0.6 is 34.4 Å². The number of thiazole rings is 1. The highest BCUT2D eigenvalue weighted by Gasteiger charge is 2.16. The van der Waals surface area contributed by atoms with Gasteiger partial charge >= 0.3 is 0 Å². The Labute approximate surface area is 193 Å². The van der Waals surface area contributed by atoms with Crippen LogP contribution in [0.1, 0.15) is 23.6 Å². The molecule has 0 radical (unpaired) electrons. The first-order chi connectivity index (χ1) is 15.0. The minimum atomic E-state index is -0.106. The van der Waals surface area contributed by atoms with Gasteiger partial charge in [0, 0.05) is 17.5 Å². The largest absolute Gasteiger partial charge is 0.302 e. The minimum Gasteiger partial charge on any atom is -0.302 e. The Hall–Kier alpha value is -2.49. The second kappa shape index (κ2) is 9.33. The van der Waals surface area contributed by atoms with Crippen LogP contribution in [0, 0.1) is 20.8 Å². The molecule has 0 saturated heterocycles. The number of thioether (sulfide) groups is 1. The second-order valence-electron chi connectivity index (χ2n) is 7.15. The van der Waals surface area contributed by atoms with E-state index in [0.717, 1.165) is 33.7 Å². The molecule has 0 fully saturated rings. The lowest BCUT2D eigenvalue weighted by Crippen LogP contribution is -2.14.